The molecule has 0 fully saturated rings. The van der Waals surface area contributed by atoms with Crippen LogP contribution in [0, 0.1) is 6.92 Å². The van der Waals surface area contributed by atoms with Crippen LogP contribution < -0.4 is 5.32 Å². The highest BCUT2D eigenvalue weighted by atomic mass is 35.5. The lowest BCUT2D eigenvalue weighted by molar-refractivity contribution is -0.111. The van der Waals surface area contributed by atoms with Crippen LogP contribution in [0.15, 0.2) is 24.3 Å². The van der Waals surface area contributed by atoms with Crippen molar-refractivity contribution in [2.75, 3.05) is 5.32 Å². The van der Waals surface area contributed by atoms with Crippen LogP contribution in [-0.2, 0) is 14.3 Å². The molecular formula is C22H23Cl2NO5S. The molecule has 6 nitrogen and oxygen atoms in total. The van der Waals surface area contributed by atoms with Gasteiger partial charge in [-0.2, -0.15) is 0 Å². The molecule has 2 aromatic rings. The van der Waals surface area contributed by atoms with Crippen molar-refractivity contribution in [2.45, 2.75) is 46.8 Å². The zero-order valence-corrected chi connectivity index (χ0v) is 20.1. The Balaban J connectivity index is 2.34. The van der Waals surface area contributed by atoms with Gasteiger partial charge < -0.3 is 14.8 Å². The molecule has 1 heterocycles. The van der Waals surface area contributed by atoms with Gasteiger partial charge >= 0.3 is 11.9 Å². The van der Waals surface area contributed by atoms with Gasteiger partial charge in [0.15, 0.2) is 0 Å². The summed E-state index contributed by atoms with van der Waals surface area (Å²) < 4.78 is 10.5. The number of nitrogens with one attached hydrogen (secondary N) is 1. The van der Waals surface area contributed by atoms with E-state index < -0.39 is 17.8 Å². The molecule has 0 saturated carbocycles. The lowest BCUT2D eigenvalue weighted by atomic mass is 10.1. The molecule has 0 saturated heterocycles. The Kier molecular flexibility index (Phi) is 8.68. The number of halogens is 2. The average molecular weight is 484 g/mol. The zero-order valence-electron chi connectivity index (χ0n) is 17.7. The molecule has 0 aliphatic carbocycles. The number of hydrogen-bond donors (Lipinski definition) is 1. The van der Waals surface area contributed by atoms with Gasteiger partial charge in [0.1, 0.15) is 9.88 Å². The second-order valence-electron chi connectivity index (χ2n) is 7.16. The summed E-state index contributed by atoms with van der Waals surface area (Å²) in [5.41, 5.74) is 1.12. The third-order valence-electron chi connectivity index (χ3n) is 3.84. The molecule has 0 aliphatic rings. The van der Waals surface area contributed by atoms with Gasteiger partial charge in [0.2, 0.25) is 5.91 Å². The quantitative estimate of drug-likeness (QED) is 0.377. The highest BCUT2D eigenvalue weighted by molar-refractivity contribution is 7.18. The lowest BCUT2D eigenvalue weighted by Gasteiger charge is -2.10. The molecule has 0 radical (unpaired) electrons. The number of anilines is 1. The molecule has 0 unspecified atom stereocenters. The monoisotopic (exact) mass is 483 g/mol. The fraction of sp³-hybridized carbons (Fsp3) is 0.318. The largest absolute Gasteiger partial charge is 0.459 e. The van der Waals surface area contributed by atoms with Crippen molar-refractivity contribution in [3.05, 3.63) is 55.9 Å². The third-order valence-corrected chi connectivity index (χ3v) is 5.58. The van der Waals surface area contributed by atoms with Crippen LogP contribution in [-0.4, -0.2) is 30.1 Å². The first-order valence-electron chi connectivity index (χ1n) is 9.49. The first kappa shape index (κ1) is 24.9. The van der Waals surface area contributed by atoms with E-state index in [2.05, 4.69) is 5.32 Å². The standard InChI is InChI=1S/C22H23Cl2NO5S/c1-11(2)29-21(27)18-13(5)19(22(28)30-12(3)4)31-20(18)25-17(26)9-7-14-6-8-15(23)10-16(14)24/h6-12H,1-5H3,(H,25,26)/b9-7+. The van der Waals surface area contributed by atoms with Crippen LogP contribution in [0.25, 0.3) is 6.08 Å². The van der Waals surface area contributed by atoms with Crippen molar-refractivity contribution < 1.29 is 23.9 Å². The number of ether oxygens (including phenoxy) is 2. The van der Waals surface area contributed by atoms with Crippen molar-refractivity contribution in [1.82, 2.24) is 0 Å². The Morgan fingerprint density at radius 1 is 1.03 bits per heavy atom. The Hall–Kier alpha value is -2.35. The highest BCUT2D eigenvalue weighted by Crippen LogP contribution is 2.35. The molecule has 166 valence electrons. The van der Waals surface area contributed by atoms with E-state index in [0.717, 1.165) is 11.3 Å². The minimum atomic E-state index is -0.632. The van der Waals surface area contributed by atoms with Crippen molar-refractivity contribution >= 4 is 63.5 Å². The van der Waals surface area contributed by atoms with Gasteiger partial charge in [0, 0.05) is 16.1 Å². The second kappa shape index (κ2) is 10.8. The van der Waals surface area contributed by atoms with E-state index in [9.17, 15) is 14.4 Å². The maximum atomic E-state index is 12.6. The highest BCUT2D eigenvalue weighted by Gasteiger charge is 2.28. The maximum absolute atomic E-state index is 12.6. The lowest BCUT2D eigenvalue weighted by Crippen LogP contribution is -2.16. The van der Waals surface area contributed by atoms with E-state index in [1.54, 1.807) is 52.8 Å². The van der Waals surface area contributed by atoms with E-state index in [1.165, 1.54) is 12.2 Å². The maximum Gasteiger partial charge on any atom is 0.348 e. The summed E-state index contributed by atoms with van der Waals surface area (Å²) in [7, 11) is 0. The van der Waals surface area contributed by atoms with Crippen molar-refractivity contribution in [3.63, 3.8) is 0 Å². The first-order valence-corrected chi connectivity index (χ1v) is 11.1. The second-order valence-corrected chi connectivity index (χ2v) is 9.02. The van der Waals surface area contributed by atoms with E-state index in [4.69, 9.17) is 32.7 Å². The summed E-state index contributed by atoms with van der Waals surface area (Å²) in [6.45, 7) is 8.49. The Morgan fingerprint density at radius 3 is 2.23 bits per heavy atom. The average Bonchev–Trinajstić information content (AvgIpc) is 2.96. The van der Waals surface area contributed by atoms with E-state index >= 15 is 0 Å². The number of rotatable bonds is 7. The number of thiophene rings is 1. The van der Waals surface area contributed by atoms with E-state index in [1.807, 2.05) is 0 Å². The summed E-state index contributed by atoms with van der Waals surface area (Å²) in [5.74, 6) is -1.71. The molecule has 2 rings (SSSR count). The number of hydrogen-bond acceptors (Lipinski definition) is 6. The minimum absolute atomic E-state index is 0.126. The van der Waals surface area contributed by atoms with Crippen LogP contribution in [0.5, 0.6) is 0 Å². The summed E-state index contributed by atoms with van der Waals surface area (Å²) in [5, 5.41) is 3.73. The molecule has 0 spiro atoms. The Bertz CT molecular complexity index is 1030. The first-order chi connectivity index (χ1) is 14.5. The Labute approximate surface area is 195 Å². The van der Waals surface area contributed by atoms with Crippen LogP contribution in [0.3, 0.4) is 0 Å². The summed E-state index contributed by atoms with van der Waals surface area (Å²) in [6, 6.07) is 4.89. The molecule has 9 heteroatoms. The van der Waals surface area contributed by atoms with Gasteiger partial charge in [-0.25, -0.2) is 9.59 Å². The normalized spacial score (nSPS) is 11.3. The van der Waals surface area contributed by atoms with Crippen molar-refractivity contribution in [3.8, 4) is 0 Å². The van der Waals surface area contributed by atoms with Gasteiger partial charge in [-0.3, -0.25) is 4.79 Å². The van der Waals surface area contributed by atoms with E-state index in [0.29, 0.717) is 21.2 Å². The third kappa shape index (κ3) is 6.82. The van der Waals surface area contributed by atoms with Crippen molar-refractivity contribution in [1.29, 1.82) is 0 Å². The van der Waals surface area contributed by atoms with Crippen LogP contribution in [0.1, 0.15) is 58.9 Å². The molecule has 0 aliphatic heterocycles. The van der Waals surface area contributed by atoms with Gasteiger partial charge in [-0.15, -0.1) is 11.3 Å². The Morgan fingerprint density at radius 2 is 1.65 bits per heavy atom. The van der Waals surface area contributed by atoms with Crippen molar-refractivity contribution in [2.24, 2.45) is 0 Å². The van der Waals surface area contributed by atoms with Crippen LogP contribution >= 0.6 is 34.5 Å². The smallest absolute Gasteiger partial charge is 0.348 e. The molecule has 1 aromatic carbocycles. The fourth-order valence-corrected chi connectivity index (χ4v) is 4.09. The predicted octanol–water partition coefficient (Wildman–Crippen LogP) is 6.15. The number of carbonyl (C=O) groups excluding carboxylic acids is 3. The van der Waals surface area contributed by atoms with Gasteiger partial charge in [-0.1, -0.05) is 29.3 Å². The van der Waals surface area contributed by atoms with Gasteiger partial charge in [0.25, 0.3) is 0 Å². The van der Waals surface area contributed by atoms with E-state index in [-0.39, 0.29) is 27.6 Å². The van der Waals surface area contributed by atoms with Crippen LogP contribution in [0.2, 0.25) is 10.0 Å². The molecular weight excluding hydrogens is 461 g/mol. The summed E-state index contributed by atoms with van der Waals surface area (Å²) in [6.07, 6.45) is 2.10. The SMILES string of the molecule is Cc1c(C(=O)OC(C)C)sc(NC(=O)/C=C/c2ccc(Cl)cc2Cl)c1C(=O)OC(C)C. The molecule has 1 N–H and O–H groups in total. The number of amides is 1. The molecule has 0 bridgehead atoms. The van der Waals surface area contributed by atoms with Gasteiger partial charge in [0.05, 0.1) is 17.8 Å². The number of esters is 2. The topological polar surface area (TPSA) is 81.7 Å². The minimum Gasteiger partial charge on any atom is -0.459 e. The number of benzene rings is 1. The fourth-order valence-electron chi connectivity index (χ4n) is 2.54. The zero-order chi connectivity index (χ0) is 23.3. The molecule has 1 aromatic heterocycles. The van der Waals surface area contributed by atoms with Gasteiger partial charge in [-0.05, 0) is 64.0 Å². The number of carbonyl (C=O) groups is 3. The molecule has 1 amide bonds. The molecule has 31 heavy (non-hydrogen) atoms. The van der Waals surface area contributed by atoms with Crippen LogP contribution in [0.4, 0.5) is 5.00 Å². The predicted molar refractivity (Wildman–Crippen MR) is 124 cm³/mol. The summed E-state index contributed by atoms with van der Waals surface area (Å²) in [4.78, 5) is 37.8. The summed E-state index contributed by atoms with van der Waals surface area (Å²) >= 11 is 12.9. The molecule has 0 atom stereocenters.